The molecule has 7 heteroatoms. The first-order valence-electron chi connectivity index (χ1n) is 16.0. The van der Waals surface area contributed by atoms with E-state index in [2.05, 4.69) is 37.4 Å². The van der Waals surface area contributed by atoms with Crippen LogP contribution < -0.4 is 10.1 Å². The third kappa shape index (κ3) is 8.36. The van der Waals surface area contributed by atoms with Crippen molar-refractivity contribution in [1.29, 1.82) is 0 Å². The standard InChI is InChI=1S/C35H49N3O4/c1-4-5-6-7-8-18-33(39)37-23-12-17-32(37)34(40)36-30-15-9-10-16-31(30)38(25-27-14-11-13-26(2)24-27)35(41)28-19-21-29(42-3)22-20-28/h11,13-14,19-22,24,30-32H,4-10,12,15-18,23,25H2,1-3H3,(H,36,40)/t30-,31-,32+/m1/s1. The Bertz CT molecular complexity index is 1180. The zero-order valence-corrected chi connectivity index (χ0v) is 25.8. The molecule has 0 bridgehead atoms. The zero-order valence-electron chi connectivity index (χ0n) is 25.8. The average molecular weight is 576 g/mol. The van der Waals surface area contributed by atoms with Gasteiger partial charge in [0.05, 0.1) is 13.2 Å². The van der Waals surface area contributed by atoms with E-state index in [0.29, 0.717) is 37.2 Å². The number of methoxy groups -OCH3 is 1. The number of carbonyl (C=O) groups is 3. The lowest BCUT2D eigenvalue weighted by Crippen LogP contribution is -2.57. The summed E-state index contributed by atoms with van der Waals surface area (Å²) in [6.07, 6.45) is 11.2. The Kier molecular flexibility index (Phi) is 11.8. The van der Waals surface area contributed by atoms with Crippen LogP contribution >= 0.6 is 0 Å². The fourth-order valence-electron chi connectivity index (χ4n) is 6.54. The van der Waals surface area contributed by atoms with E-state index >= 15 is 0 Å². The molecule has 3 atom stereocenters. The van der Waals surface area contributed by atoms with Gasteiger partial charge in [-0.15, -0.1) is 0 Å². The first-order chi connectivity index (χ1) is 20.4. The van der Waals surface area contributed by atoms with E-state index in [1.807, 2.05) is 35.2 Å². The van der Waals surface area contributed by atoms with Crippen molar-refractivity contribution < 1.29 is 19.1 Å². The van der Waals surface area contributed by atoms with Crippen LogP contribution in [0.15, 0.2) is 48.5 Å². The van der Waals surface area contributed by atoms with Gasteiger partial charge in [-0.1, -0.05) is 75.3 Å². The molecule has 0 aromatic heterocycles. The molecule has 2 aromatic rings. The Hall–Kier alpha value is -3.35. The molecular formula is C35H49N3O4. The number of rotatable bonds is 13. The minimum Gasteiger partial charge on any atom is -0.497 e. The Labute approximate surface area is 252 Å². The highest BCUT2D eigenvalue weighted by atomic mass is 16.5. The van der Waals surface area contributed by atoms with Gasteiger partial charge in [0.25, 0.3) is 5.91 Å². The molecule has 4 rings (SSSR count). The van der Waals surface area contributed by atoms with Crippen molar-refractivity contribution in [2.75, 3.05) is 13.7 Å². The molecular weight excluding hydrogens is 526 g/mol. The fourth-order valence-corrected chi connectivity index (χ4v) is 6.54. The molecule has 1 saturated heterocycles. The summed E-state index contributed by atoms with van der Waals surface area (Å²) in [6.45, 7) is 5.36. The predicted molar refractivity (Wildman–Crippen MR) is 166 cm³/mol. The Morgan fingerprint density at radius 2 is 1.71 bits per heavy atom. The van der Waals surface area contributed by atoms with E-state index in [4.69, 9.17) is 4.74 Å². The van der Waals surface area contributed by atoms with Gasteiger partial charge in [-0.2, -0.15) is 0 Å². The van der Waals surface area contributed by atoms with Gasteiger partial charge in [0.2, 0.25) is 11.8 Å². The third-order valence-corrected chi connectivity index (χ3v) is 8.86. The van der Waals surface area contributed by atoms with Gasteiger partial charge in [-0.25, -0.2) is 0 Å². The molecule has 42 heavy (non-hydrogen) atoms. The summed E-state index contributed by atoms with van der Waals surface area (Å²) >= 11 is 0. The summed E-state index contributed by atoms with van der Waals surface area (Å²) in [7, 11) is 1.61. The number of carbonyl (C=O) groups excluding carboxylic acids is 3. The Morgan fingerprint density at radius 3 is 2.45 bits per heavy atom. The molecule has 1 aliphatic heterocycles. The monoisotopic (exact) mass is 575 g/mol. The molecule has 1 heterocycles. The van der Waals surface area contributed by atoms with Crippen LogP contribution in [0, 0.1) is 6.92 Å². The number of hydrogen-bond acceptors (Lipinski definition) is 4. The highest BCUT2D eigenvalue weighted by molar-refractivity contribution is 5.95. The van der Waals surface area contributed by atoms with Gasteiger partial charge in [-0.05, 0) is 68.9 Å². The normalized spacial score (nSPS) is 20.3. The summed E-state index contributed by atoms with van der Waals surface area (Å²) in [5.74, 6) is 0.679. The van der Waals surface area contributed by atoms with Crippen LogP contribution in [0.3, 0.4) is 0 Å². The SMILES string of the molecule is CCCCCCCC(=O)N1CCC[C@H]1C(=O)N[C@@H]1CCCC[C@H]1N(Cc1cccc(C)c1)C(=O)c1ccc(OC)cc1. The Balaban J connectivity index is 1.49. The van der Waals surface area contributed by atoms with Gasteiger partial charge >= 0.3 is 0 Å². The number of ether oxygens (including phenoxy) is 1. The maximum absolute atomic E-state index is 14.0. The number of nitrogens with one attached hydrogen (secondary N) is 1. The van der Waals surface area contributed by atoms with Crippen molar-refractivity contribution >= 4 is 17.7 Å². The minimum absolute atomic E-state index is 0.0500. The molecule has 228 valence electrons. The largest absolute Gasteiger partial charge is 0.497 e. The molecule has 7 nitrogen and oxygen atoms in total. The number of benzene rings is 2. The number of hydrogen-bond donors (Lipinski definition) is 1. The fraction of sp³-hybridized carbons (Fsp3) is 0.571. The zero-order chi connectivity index (χ0) is 29.9. The van der Waals surface area contributed by atoms with Crippen molar-refractivity contribution in [3.8, 4) is 5.75 Å². The van der Waals surface area contributed by atoms with Gasteiger partial charge < -0.3 is 19.9 Å². The second-order valence-electron chi connectivity index (χ2n) is 12.0. The molecule has 1 aliphatic carbocycles. The van der Waals surface area contributed by atoms with Crippen molar-refractivity contribution in [3.63, 3.8) is 0 Å². The van der Waals surface area contributed by atoms with Gasteiger partial charge in [0, 0.05) is 31.1 Å². The van der Waals surface area contributed by atoms with Crippen LogP contribution in [-0.2, 0) is 16.1 Å². The van der Waals surface area contributed by atoms with Crippen LogP contribution in [0.25, 0.3) is 0 Å². The van der Waals surface area contributed by atoms with Crippen molar-refractivity contribution in [2.45, 2.75) is 116 Å². The average Bonchev–Trinajstić information content (AvgIpc) is 3.50. The molecule has 0 unspecified atom stereocenters. The highest BCUT2D eigenvalue weighted by Crippen LogP contribution is 2.28. The molecule has 1 saturated carbocycles. The van der Waals surface area contributed by atoms with Crippen molar-refractivity contribution in [1.82, 2.24) is 15.1 Å². The van der Waals surface area contributed by atoms with Crippen LogP contribution in [0.5, 0.6) is 5.75 Å². The van der Waals surface area contributed by atoms with Crippen LogP contribution in [0.2, 0.25) is 0 Å². The van der Waals surface area contributed by atoms with Gasteiger partial charge in [-0.3, -0.25) is 14.4 Å². The molecule has 3 amide bonds. The number of aryl methyl sites for hydroxylation is 1. The van der Waals surface area contributed by atoms with Gasteiger partial charge in [0.1, 0.15) is 11.8 Å². The summed E-state index contributed by atoms with van der Waals surface area (Å²) in [4.78, 5) is 44.6. The molecule has 0 radical (unpaired) electrons. The second kappa shape index (κ2) is 15.8. The Morgan fingerprint density at radius 1 is 0.952 bits per heavy atom. The van der Waals surface area contributed by atoms with Crippen LogP contribution in [0.4, 0.5) is 0 Å². The maximum atomic E-state index is 14.0. The topological polar surface area (TPSA) is 79.0 Å². The van der Waals surface area contributed by atoms with E-state index in [1.165, 1.54) is 12.8 Å². The molecule has 2 aromatic carbocycles. The van der Waals surface area contributed by atoms with E-state index in [0.717, 1.165) is 62.5 Å². The highest BCUT2D eigenvalue weighted by Gasteiger charge is 2.38. The summed E-state index contributed by atoms with van der Waals surface area (Å²) in [5, 5.41) is 3.34. The maximum Gasteiger partial charge on any atom is 0.254 e. The van der Waals surface area contributed by atoms with E-state index in [1.54, 1.807) is 12.0 Å². The van der Waals surface area contributed by atoms with E-state index < -0.39 is 6.04 Å². The quantitative estimate of drug-likeness (QED) is 0.280. The third-order valence-electron chi connectivity index (χ3n) is 8.86. The molecule has 0 spiro atoms. The lowest BCUT2D eigenvalue weighted by molar-refractivity contribution is -0.139. The van der Waals surface area contributed by atoms with Gasteiger partial charge in [0.15, 0.2) is 0 Å². The minimum atomic E-state index is -0.418. The number of likely N-dealkylation sites (tertiary alicyclic amines) is 1. The molecule has 1 N–H and O–H groups in total. The number of amides is 3. The lowest BCUT2D eigenvalue weighted by atomic mass is 9.88. The van der Waals surface area contributed by atoms with E-state index in [9.17, 15) is 14.4 Å². The van der Waals surface area contributed by atoms with Crippen molar-refractivity contribution in [2.24, 2.45) is 0 Å². The lowest BCUT2D eigenvalue weighted by Gasteiger charge is -2.41. The molecule has 2 aliphatic rings. The first kappa shape index (κ1) is 31.6. The number of nitrogens with zero attached hydrogens (tertiary/aromatic N) is 2. The summed E-state index contributed by atoms with van der Waals surface area (Å²) in [6, 6.07) is 14.8. The predicted octanol–water partition coefficient (Wildman–Crippen LogP) is 6.42. The first-order valence-corrected chi connectivity index (χ1v) is 16.0. The smallest absolute Gasteiger partial charge is 0.254 e. The molecule has 2 fully saturated rings. The summed E-state index contributed by atoms with van der Waals surface area (Å²) in [5.41, 5.74) is 2.82. The summed E-state index contributed by atoms with van der Waals surface area (Å²) < 4.78 is 5.31. The number of unbranched alkanes of at least 4 members (excludes halogenated alkanes) is 4. The van der Waals surface area contributed by atoms with Crippen molar-refractivity contribution in [3.05, 3.63) is 65.2 Å². The second-order valence-corrected chi connectivity index (χ2v) is 12.0. The van der Waals surface area contributed by atoms with E-state index in [-0.39, 0.29) is 29.8 Å². The van der Waals surface area contributed by atoms with Crippen LogP contribution in [0.1, 0.15) is 105 Å². The van der Waals surface area contributed by atoms with Crippen LogP contribution in [-0.4, -0.2) is 59.3 Å².